The molecule has 0 fully saturated rings. The predicted molar refractivity (Wildman–Crippen MR) is 104 cm³/mol. The number of ether oxygens (including phenoxy) is 1. The molecule has 0 aliphatic rings. The van der Waals surface area contributed by atoms with Gasteiger partial charge in [-0.25, -0.2) is 4.39 Å². The summed E-state index contributed by atoms with van der Waals surface area (Å²) in [6.07, 6.45) is 0. The van der Waals surface area contributed by atoms with Crippen LogP contribution in [0.1, 0.15) is 25.1 Å². The van der Waals surface area contributed by atoms with Crippen LogP contribution < -0.4 is 4.74 Å². The van der Waals surface area contributed by atoms with Crippen molar-refractivity contribution >= 4 is 5.91 Å². The third-order valence-electron chi connectivity index (χ3n) is 4.38. The second-order valence-electron chi connectivity index (χ2n) is 6.86. The zero-order chi connectivity index (χ0) is 20.1. The van der Waals surface area contributed by atoms with Gasteiger partial charge in [0.25, 0.3) is 0 Å². The van der Waals surface area contributed by atoms with Gasteiger partial charge < -0.3 is 14.2 Å². The number of hydrogen-bond donors (Lipinski definition) is 0. The summed E-state index contributed by atoms with van der Waals surface area (Å²) < 4.78 is 24.0. The first-order chi connectivity index (χ1) is 13.5. The van der Waals surface area contributed by atoms with Gasteiger partial charge in [-0.3, -0.25) is 4.79 Å². The summed E-state index contributed by atoms with van der Waals surface area (Å²) in [7, 11) is 1.60. The summed E-state index contributed by atoms with van der Waals surface area (Å²) in [5.74, 6) is 0.786. The first-order valence-electron chi connectivity index (χ1n) is 9.10. The van der Waals surface area contributed by atoms with Crippen molar-refractivity contribution in [3.63, 3.8) is 0 Å². The first kappa shape index (κ1) is 19.6. The van der Waals surface area contributed by atoms with Crippen molar-refractivity contribution in [2.75, 3.05) is 7.11 Å². The average Bonchev–Trinajstić information content (AvgIpc) is 3.16. The molecule has 1 amide bonds. The third-order valence-corrected chi connectivity index (χ3v) is 4.38. The standard InChI is InChI=1S/C22H23FN2O3/c1-15(2)22(26)25(13-16-8-10-17(23)11-9-16)14-18-12-21(28-24-18)19-6-4-5-7-20(19)27-3/h4-12,15H,13-14H2,1-3H3. The lowest BCUT2D eigenvalue weighted by atomic mass is 10.1. The lowest BCUT2D eigenvalue weighted by Crippen LogP contribution is -2.33. The van der Waals surface area contributed by atoms with E-state index in [0.717, 1.165) is 11.1 Å². The summed E-state index contributed by atoms with van der Waals surface area (Å²) in [5, 5.41) is 4.12. The summed E-state index contributed by atoms with van der Waals surface area (Å²) in [5.41, 5.74) is 2.28. The zero-order valence-electron chi connectivity index (χ0n) is 16.2. The highest BCUT2D eigenvalue weighted by molar-refractivity contribution is 5.78. The van der Waals surface area contributed by atoms with Crippen LogP contribution in [0.3, 0.4) is 0 Å². The van der Waals surface area contributed by atoms with Gasteiger partial charge >= 0.3 is 0 Å². The van der Waals surface area contributed by atoms with Crippen molar-refractivity contribution < 1.29 is 18.4 Å². The number of amides is 1. The van der Waals surface area contributed by atoms with E-state index in [9.17, 15) is 9.18 Å². The minimum Gasteiger partial charge on any atom is -0.496 e. The van der Waals surface area contributed by atoms with Gasteiger partial charge in [-0.1, -0.05) is 43.3 Å². The molecule has 1 heterocycles. The number of carbonyl (C=O) groups is 1. The van der Waals surface area contributed by atoms with Crippen molar-refractivity contribution in [1.29, 1.82) is 0 Å². The first-order valence-corrected chi connectivity index (χ1v) is 9.10. The number of carbonyl (C=O) groups excluding carboxylic acids is 1. The van der Waals surface area contributed by atoms with Gasteiger partial charge in [0.05, 0.1) is 19.2 Å². The van der Waals surface area contributed by atoms with Crippen molar-refractivity contribution in [1.82, 2.24) is 10.1 Å². The smallest absolute Gasteiger partial charge is 0.225 e. The van der Waals surface area contributed by atoms with Crippen LogP contribution in [-0.2, 0) is 17.9 Å². The lowest BCUT2D eigenvalue weighted by Gasteiger charge is -2.23. The van der Waals surface area contributed by atoms with Gasteiger partial charge in [-0.2, -0.15) is 0 Å². The van der Waals surface area contributed by atoms with E-state index in [2.05, 4.69) is 5.16 Å². The van der Waals surface area contributed by atoms with E-state index in [1.165, 1.54) is 12.1 Å². The molecule has 0 N–H and O–H groups in total. The second-order valence-corrected chi connectivity index (χ2v) is 6.86. The fourth-order valence-corrected chi connectivity index (χ4v) is 2.94. The summed E-state index contributed by atoms with van der Waals surface area (Å²) >= 11 is 0. The highest BCUT2D eigenvalue weighted by Gasteiger charge is 2.20. The summed E-state index contributed by atoms with van der Waals surface area (Å²) in [6, 6.07) is 15.5. The molecule has 2 aromatic carbocycles. The Balaban J connectivity index is 1.82. The molecular formula is C22H23FN2O3. The molecule has 28 heavy (non-hydrogen) atoms. The highest BCUT2D eigenvalue weighted by atomic mass is 19.1. The Hall–Kier alpha value is -3.15. The van der Waals surface area contributed by atoms with E-state index in [1.807, 2.05) is 44.2 Å². The molecule has 1 aromatic heterocycles. The SMILES string of the molecule is COc1ccccc1-c1cc(CN(Cc2ccc(F)cc2)C(=O)C(C)C)no1. The van der Waals surface area contributed by atoms with Crippen molar-refractivity contribution in [3.8, 4) is 17.1 Å². The van der Waals surface area contributed by atoms with Crippen LogP contribution in [0.4, 0.5) is 4.39 Å². The zero-order valence-corrected chi connectivity index (χ0v) is 16.2. The molecule has 5 nitrogen and oxygen atoms in total. The molecule has 0 unspecified atom stereocenters. The number of nitrogens with zero attached hydrogens (tertiary/aromatic N) is 2. The maximum atomic E-state index is 13.2. The highest BCUT2D eigenvalue weighted by Crippen LogP contribution is 2.30. The molecule has 0 spiro atoms. The van der Waals surface area contributed by atoms with Crippen LogP contribution in [0, 0.1) is 11.7 Å². The van der Waals surface area contributed by atoms with Crippen LogP contribution in [0.2, 0.25) is 0 Å². The molecule has 146 valence electrons. The lowest BCUT2D eigenvalue weighted by molar-refractivity contribution is -0.135. The quantitative estimate of drug-likeness (QED) is 0.596. The van der Waals surface area contributed by atoms with Crippen LogP contribution in [-0.4, -0.2) is 23.1 Å². The minimum absolute atomic E-state index is 0.00818. The normalized spacial score (nSPS) is 10.9. The number of aromatic nitrogens is 1. The van der Waals surface area contributed by atoms with E-state index in [1.54, 1.807) is 24.1 Å². The molecule has 6 heteroatoms. The molecule has 3 rings (SSSR count). The molecule has 0 aliphatic heterocycles. The van der Waals surface area contributed by atoms with E-state index >= 15 is 0 Å². The maximum Gasteiger partial charge on any atom is 0.225 e. The summed E-state index contributed by atoms with van der Waals surface area (Å²) in [6.45, 7) is 4.37. The fraction of sp³-hybridized carbons (Fsp3) is 0.273. The largest absolute Gasteiger partial charge is 0.496 e. The topological polar surface area (TPSA) is 55.6 Å². The monoisotopic (exact) mass is 382 g/mol. The molecule has 0 atom stereocenters. The summed E-state index contributed by atoms with van der Waals surface area (Å²) in [4.78, 5) is 14.4. The third kappa shape index (κ3) is 4.57. The maximum absolute atomic E-state index is 13.2. The Labute approximate surface area is 163 Å². The predicted octanol–water partition coefficient (Wildman–Crippen LogP) is 4.67. The van der Waals surface area contributed by atoms with Gasteiger partial charge in [0.1, 0.15) is 17.3 Å². The molecule has 0 saturated carbocycles. The fourth-order valence-electron chi connectivity index (χ4n) is 2.94. The van der Waals surface area contributed by atoms with Gasteiger partial charge in [0, 0.05) is 18.5 Å². The van der Waals surface area contributed by atoms with Gasteiger partial charge in [-0.15, -0.1) is 0 Å². The average molecular weight is 382 g/mol. The van der Waals surface area contributed by atoms with E-state index < -0.39 is 0 Å². The van der Waals surface area contributed by atoms with Crippen LogP contribution in [0.15, 0.2) is 59.1 Å². The van der Waals surface area contributed by atoms with Crippen molar-refractivity contribution in [2.45, 2.75) is 26.9 Å². The van der Waals surface area contributed by atoms with Crippen LogP contribution >= 0.6 is 0 Å². The number of methoxy groups -OCH3 is 1. The van der Waals surface area contributed by atoms with Gasteiger partial charge in [0.15, 0.2) is 5.76 Å². The molecule has 0 bridgehead atoms. The Bertz CT molecular complexity index is 935. The Morgan fingerprint density at radius 1 is 1.14 bits per heavy atom. The number of rotatable bonds is 7. The number of benzene rings is 2. The number of hydrogen-bond acceptors (Lipinski definition) is 4. The molecule has 3 aromatic rings. The molecular weight excluding hydrogens is 359 g/mol. The number of para-hydroxylation sites is 1. The van der Waals surface area contributed by atoms with Crippen LogP contribution in [0.5, 0.6) is 5.75 Å². The molecule has 0 aliphatic carbocycles. The van der Waals surface area contributed by atoms with Gasteiger partial charge in [0.2, 0.25) is 5.91 Å². The Kier molecular flexibility index (Phi) is 6.09. The van der Waals surface area contributed by atoms with E-state index in [0.29, 0.717) is 30.3 Å². The van der Waals surface area contributed by atoms with Crippen LogP contribution in [0.25, 0.3) is 11.3 Å². The van der Waals surface area contributed by atoms with Gasteiger partial charge in [-0.05, 0) is 29.8 Å². The second kappa shape index (κ2) is 8.69. The van der Waals surface area contributed by atoms with E-state index in [-0.39, 0.29) is 17.6 Å². The van der Waals surface area contributed by atoms with Crippen molar-refractivity contribution in [2.24, 2.45) is 5.92 Å². The number of halogens is 1. The Morgan fingerprint density at radius 2 is 1.86 bits per heavy atom. The van der Waals surface area contributed by atoms with Crippen molar-refractivity contribution in [3.05, 3.63) is 71.7 Å². The minimum atomic E-state index is -0.302. The van der Waals surface area contributed by atoms with E-state index in [4.69, 9.17) is 9.26 Å². The molecule has 0 saturated heterocycles. The Morgan fingerprint density at radius 3 is 2.54 bits per heavy atom. The molecule has 0 radical (unpaired) electrons.